The number of aliphatic hydroxyl groups excluding tert-OH is 3. The van der Waals surface area contributed by atoms with E-state index in [-0.39, 0.29) is 6.42 Å². The summed E-state index contributed by atoms with van der Waals surface area (Å²) in [6.45, 7) is 1.93. The maximum absolute atomic E-state index is 9.90. The molecule has 1 heterocycles. The number of nitrogens with two attached hydrogens (primary N) is 1. The van der Waals surface area contributed by atoms with Gasteiger partial charge in [0, 0.05) is 13.5 Å². The van der Waals surface area contributed by atoms with Crippen LogP contribution >= 0.6 is 11.8 Å². The van der Waals surface area contributed by atoms with Crippen LogP contribution in [0.3, 0.4) is 0 Å². The van der Waals surface area contributed by atoms with Crippen molar-refractivity contribution in [2.75, 3.05) is 7.05 Å². The monoisotopic (exact) mass is 278 g/mol. The molecule has 106 valence electrons. The second kappa shape index (κ2) is 7.30. The van der Waals surface area contributed by atoms with Crippen LogP contribution in [0.25, 0.3) is 0 Å². The lowest BCUT2D eigenvalue weighted by molar-refractivity contribution is -0.179. The van der Waals surface area contributed by atoms with Gasteiger partial charge in [0.15, 0.2) is 5.17 Å². The predicted molar refractivity (Wildman–Crippen MR) is 71.3 cm³/mol. The summed E-state index contributed by atoms with van der Waals surface area (Å²) in [5, 5.41) is 29.9. The molecule has 0 aromatic carbocycles. The zero-order chi connectivity index (χ0) is 13.7. The molecule has 0 aromatic rings. The Hall–Kier alpha value is -0.340. The van der Waals surface area contributed by atoms with Crippen molar-refractivity contribution in [2.45, 2.75) is 56.0 Å². The Kier molecular flexibility index (Phi) is 6.37. The van der Waals surface area contributed by atoms with Crippen molar-refractivity contribution in [2.24, 2.45) is 10.7 Å². The summed E-state index contributed by atoms with van der Waals surface area (Å²) in [7, 11) is 1.57. The third-order valence-corrected chi connectivity index (χ3v) is 3.90. The number of thioether (sulfide) groups is 1. The first-order chi connectivity index (χ1) is 8.49. The van der Waals surface area contributed by atoms with Gasteiger partial charge in [-0.25, -0.2) is 0 Å². The van der Waals surface area contributed by atoms with Crippen LogP contribution in [0.2, 0.25) is 0 Å². The van der Waals surface area contributed by atoms with Crippen molar-refractivity contribution in [1.29, 1.82) is 0 Å². The third kappa shape index (κ3) is 4.10. The van der Waals surface area contributed by atoms with Gasteiger partial charge in [-0.15, -0.1) is 0 Å². The second-order valence-corrected chi connectivity index (χ2v) is 5.54. The van der Waals surface area contributed by atoms with E-state index in [1.54, 1.807) is 7.05 Å². The molecule has 5 atom stereocenters. The van der Waals surface area contributed by atoms with Crippen molar-refractivity contribution in [3.05, 3.63) is 0 Å². The molecule has 6 nitrogen and oxygen atoms in total. The summed E-state index contributed by atoms with van der Waals surface area (Å²) in [5.74, 6) is 0. The number of nitrogens with zero attached hydrogens (tertiary/aromatic N) is 1. The minimum absolute atomic E-state index is 0.261. The Morgan fingerprint density at radius 1 is 1.56 bits per heavy atom. The fourth-order valence-corrected chi connectivity index (χ4v) is 2.76. The lowest BCUT2D eigenvalue weighted by Crippen LogP contribution is -2.52. The van der Waals surface area contributed by atoms with Gasteiger partial charge in [-0.3, -0.25) is 4.99 Å². The van der Waals surface area contributed by atoms with Crippen LogP contribution in [0.15, 0.2) is 4.99 Å². The molecule has 0 radical (unpaired) electrons. The van der Waals surface area contributed by atoms with Crippen LogP contribution < -0.4 is 5.73 Å². The highest BCUT2D eigenvalue weighted by Crippen LogP contribution is 2.30. The molecule has 0 spiro atoms. The number of hydrogen-bond acceptors (Lipinski definition) is 6. The van der Waals surface area contributed by atoms with E-state index in [9.17, 15) is 15.3 Å². The van der Waals surface area contributed by atoms with Crippen molar-refractivity contribution in [3.8, 4) is 0 Å². The van der Waals surface area contributed by atoms with Crippen LogP contribution in [0.5, 0.6) is 0 Å². The van der Waals surface area contributed by atoms with E-state index in [2.05, 4.69) is 4.99 Å². The molecule has 0 aliphatic carbocycles. The Bertz CT molecular complexity index is 290. The maximum Gasteiger partial charge on any atom is 0.156 e. The molecule has 7 heteroatoms. The van der Waals surface area contributed by atoms with Crippen molar-refractivity contribution >= 4 is 16.9 Å². The Morgan fingerprint density at radius 2 is 2.22 bits per heavy atom. The first-order valence-electron chi connectivity index (χ1n) is 6.08. The number of amidine groups is 1. The average molecular weight is 278 g/mol. The molecule has 5 unspecified atom stereocenters. The number of ether oxygens (including phenoxy) is 1. The highest BCUT2D eigenvalue weighted by Gasteiger charge is 2.40. The molecular formula is C11H22N2O4S. The first-order valence-corrected chi connectivity index (χ1v) is 6.96. The van der Waals surface area contributed by atoms with E-state index in [1.165, 1.54) is 11.8 Å². The fourth-order valence-electron chi connectivity index (χ4n) is 1.91. The van der Waals surface area contributed by atoms with Gasteiger partial charge in [-0.05, 0) is 6.42 Å². The lowest BCUT2D eigenvalue weighted by atomic mass is 9.96. The summed E-state index contributed by atoms with van der Waals surface area (Å²) >= 11 is 1.19. The van der Waals surface area contributed by atoms with Crippen molar-refractivity contribution in [1.82, 2.24) is 0 Å². The molecule has 18 heavy (non-hydrogen) atoms. The van der Waals surface area contributed by atoms with E-state index < -0.39 is 29.9 Å². The minimum atomic E-state index is -1.07. The lowest BCUT2D eigenvalue weighted by Gasteiger charge is -2.38. The Labute approximate surface area is 111 Å². The molecular weight excluding hydrogens is 256 g/mol. The Morgan fingerprint density at radius 3 is 2.78 bits per heavy atom. The van der Waals surface area contributed by atoms with Crippen LogP contribution in [-0.2, 0) is 4.74 Å². The first kappa shape index (κ1) is 15.7. The smallest absolute Gasteiger partial charge is 0.156 e. The minimum Gasteiger partial charge on any atom is -0.390 e. The van der Waals surface area contributed by atoms with Gasteiger partial charge in [-0.1, -0.05) is 25.1 Å². The number of aliphatic hydroxyl groups is 3. The highest BCUT2D eigenvalue weighted by atomic mass is 32.2. The summed E-state index contributed by atoms with van der Waals surface area (Å²) in [4.78, 5) is 3.80. The molecule has 0 bridgehead atoms. The summed E-state index contributed by atoms with van der Waals surface area (Å²) in [6, 6.07) is 0. The fraction of sp³-hybridized carbons (Fsp3) is 0.909. The Balaban J connectivity index is 2.65. The zero-order valence-corrected chi connectivity index (χ0v) is 11.5. The maximum atomic E-state index is 9.90. The SMILES string of the molecule is CCCC(O)C1OC(SC(N)=NC)CC(O)C1O. The molecule has 1 aliphatic rings. The summed E-state index contributed by atoms with van der Waals surface area (Å²) in [6.07, 6.45) is -2.00. The van der Waals surface area contributed by atoms with E-state index in [4.69, 9.17) is 10.5 Å². The number of hydrogen-bond donors (Lipinski definition) is 4. The molecule has 1 rings (SSSR count). The molecule has 0 saturated carbocycles. The molecule has 1 aliphatic heterocycles. The van der Waals surface area contributed by atoms with Crippen LogP contribution in [0.4, 0.5) is 0 Å². The summed E-state index contributed by atoms with van der Waals surface area (Å²) in [5.41, 5.74) is 5.19. The summed E-state index contributed by atoms with van der Waals surface area (Å²) < 4.78 is 5.60. The van der Waals surface area contributed by atoms with Gasteiger partial charge in [0.1, 0.15) is 17.6 Å². The topological polar surface area (TPSA) is 108 Å². The normalized spacial score (nSPS) is 35.5. The van der Waals surface area contributed by atoms with Crippen LogP contribution in [-0.4, -0.2) is 57.4 Å². The third-order valence-electron chi connectivity index (χ3n) is 2.91. The van der Waals surface area contributed by atoms with Gasteiger partial charge >= 0.3 is 0 Å². The van der Waals surface area contributed by atoms with E-state index in [0.717, 1.165) is 6.42 Å². The molecule has 0 aromatic heterocycles. The van der Waals surface area contributed by atoms with Gasteiger partial charge in [-0.2, -0.15) is 0 Å². The van der Waals surface area contributed by atoms with E-state index in [0.29, 0.717) is 11.6 Å². The molecule has 1 saturated heterocycles. The van der Waals surface area contributed by atoms with Gasteiger partial charge in [0.2, 0.25) is 0 Å². The van der Waals surface area contributed by atoms with Crippen molar-refractivity contribution in [3.63, 3.8) is 0 Å². The van der Waals surface area contributed by atoms with E-state index >= 15 is 0 Å². The van der Waals surface area contributed by atoms with E-state index in [1.807, 2.05) is 6.92 Å². The van der Waals surface area contributed by atoms with Crippen molar-refractivity contribution < 1.29 is 20.1 Å². The van der Waals surface area contributed by atoms with Crippen LogP contribution in [0.1, 0.15) is 26.2 Å². The largest absolute Gasteiger partial charge is 0.390 e. The average Bonchev–Trinajstić information content (AvgIpc) is 2.33. The molecule has 0 amide bonds. The quantitative estimate of drug-likeness (QED) is 0.414. The standard InChI is InChI=1S/C11H22N2O4S/c1-3-4-6(14)10-9(16)7(15)5-8(17-10)18-11(12)13-2/h6-10,14-16H,3-5H2,1-2H3,(H2,12,13). The number of rotatable bonds is 4. The molecule has 5 N–H and O–H groups in total. The van der Waals surface area contributed by atoms with Crippen LogP contribution in [0, 0.1) is 0 Å². The van der Waals surface area contributed by atoms with Gasteiger partial charge in [0.25, 0.3) is 0 Å². The van der Waals surface area contributed by atoms with Gasteiger partial charge < -0.3 is 25.8 Å². The second-order valence-electron chi connectivity index (χ2n) is 4.36. The zero-order valence-electron chi connectivity index (χ0n) is 10.7. The highest BCUT2D eigenvalue weighted by molar-refractivity contribution is 8.14. The molecule has 1 fully saturated rings. The predicted octanol–water partition coefficient (Wildman–Crippen LogP) is -0.338. The number of aliphatic imine (C=N–C) groups is 1. The van der Waals surface area contributed by atoms with Gasteiger partial charge in [0.05, 0.1) is 12.2 Å².